The molecule has 0 saturated carbocycles. The highest BCUT2D eigenvalue weighted by molar-refractivity contribution is 5.80. The Morgan fingerprint density at radius 1 is 0.792 bits per heavy atom. The van der Waals surface area contributed by atoms with Crippen molar-refractivity contribution in [3.8, 4) is 5.75 Å². The Morgan fingerprint density at radius 3 is 2.25 bits per heavy atom. The predicted octanol–water partition coefficient (Wildman–Crippen LogP) is 4.47. The number of hydrogen-bond acceptors (Lipinski definition) is 3. The van der Waals surface area contributed by atoms with Gasteiger partial charge in [-0.2, -0.15) is 4.68 Å². The molecule has 0 aliphatic rings. The molecule has 0 aliphatic heterocycles. The van der Waals surface area contributed by atoms with Crippen LogP contribution in [0.5, 0.6) is 5.75 Å². The molecule has 0 amide bonds. The van der Waals surface area contributed by atoms with E-state index < -0.39 is 0 Å². The van der Waals surface area contributed by atoms with Gasteiger partial charge in [-0.05, 0) is 29.8 Å². The molecule has 0 fully saturated rings. The summed E-state index contributed by atoms with van der Waals surface area (Å²) in [4.78, 5) is 0. The Bertz CT molecular complexity index is 975. The molecule has 4 nitrogen and oxygen atoms in total. The van der Waals surface area contributed by atoms with E-state index in [0.717, 1.165) is 22.3 Å². The van der Waals surface area contributed by atoms with Gasteiger partial charge >= 0.3 is 0 Å². The molecular formula is C20H15N3O. The van der Waals surface area contributed by atoms with Gasteiger partial charge in [0.2, 0.25) is 5.88 Å². The van der Waals surface area contributed by atoms with Crippen LogP contribution in [0.15, 0.2) is 84.9 Å². The lowest BCUT2D eigenvalue weighted by molar-refractivity contribution is 0.470. The van der Waals surface area contributed by atoms with Crippen LogP contribution in [-0.4, -0.2) is 15.0 Å². The summed E-state index contributed by atoms with van der Waals surface area (Å²) in [6.45, 7) is 0. The molecule has 0 bridgehead atoms. The lowest BCUT2D eigenvalue weighted by Crippen LogP contribution is -2.06. The van der Waals surface area contributed by atoms with E-state index in [4.69, 9.17) is 4.74 Å². The van der Waals surface area contributed by atoms with E-state index in [-0.39, 0.29) is 0 Å². The number of benzene rings is 3. The normalized spacial score (nSPS) is 11.6. The molecule has 4 aromatic rings. The van der Waals surface area contributed by atoms with Gasteiger partial charge in [-0.3, -0.25) is 0 Å². The third-order valence-electron chi connectivity index (χ3n) is 3.62. The summed E-state index contributed by atoms with van der Waals surface area (Å²) in [5.41, 5.74) is 2.76. The van der Waals surface area contributed by atoms with Gasteiger partial charge in [-0.1, -0.05) is 65.9 Å². The molecule has 4 heteroatoms. The number of para-hydroxylation sites is 2. The molecule has 116 valence electrons. The van der Waals surface area contributed by atoms with Crippen LogP contribution in [0.3, 0.4) is 0 Å². The maximum absolute atomic E-state index is 6.09. The molecule has 0 atom stereocenters. The standard InChI is InChI=1S/C20H15N3O/c1-3-9-16(10-4-1)15-20(24-17-11-5-2-6-12-17)23-19-14-8-7-13-18(19)21-22-23/h1-15H/b20-15-. The number of rotatable bonds is 4. The van der Waals surface area contributed by atoms with Crippen molar-refractivity contribution in [1.82, 2.24) is 15.0 Å². The summed E-state index contributed by atoms with van der Waals surface area (Å²) in [6.07, 6.45) is 1.95. The van der Waals surface area contributed by atoms with Crippen molar-refractivity contribution in [3.63, 3.8) is 0 Å². The minimum Gasteiger partial charge on any atom is -0.439 e. The molecule has 4 rings (SSSR count). The highest BCUT2D eigenvalue weighted by Crippen LogP contribution is 2.21. The minimum atomic E-state index is 0.598. The van der Waals surface area contributed by atoms with Crippen LogP contribution in [0.2, 0.25) is 0 Å². The zero-order chi connectivity index (χ0) is 16.2. The number of aromatic nitrogens is 3. The molecular weight excluding hydrogens is 298 g/mol. The van der Waals surface area contributed by atoms with Crippen molar-refractivity contribution in [1.29, 1.82) is 0 Å². The van der Waals surface area contributed by atoms with Gasteiger partial charge in [0, 0.05) is 6.08 Å². The molecule has 3 aromatic carbocycles. The molecule has 1 aromatic heterocycles. The van der Waals surface area contributed by atoms with E-state index >= 15 is 0 Å². The number of fused-ring (bicyclic) bond motifs is 1. The van der Waals surface area contributed by atoms with Crippen LogP contribution in [0.4, 0.5) is 0 Å². The minimum absolute atomic E-state index is 0.598. The third-order valence-corrected chi connectivity index (χ3v) is 3.62. The van der Waals surface area contributed by atoms with Gasteiger partial charge in [0.15, 0.2) is 0 Å². The Hall–Kier alpha value is -3.40. The van der Waals surface area contributed by atoms with Crippen LogP contribution >= 0.6 is 0 Å². The monoisotopic (exact) mass is 313 g/mol. The second-order valence-electron chi connectivity index (χ2n) is 5.30. The first-order valence-electron chi connectivity index (χ1n) is 7.71. The molecule has 0 radical (unpaired) electrons. The third kappa shape index (κ3) is 2.90. The van der Waals surface area contributed by atoms with Crippen LogP contribution in [-0.2, 0) is 0 Å². The van der Waals surface area contributed by atoms with E-state index in [1.165, 1.54) is 0 Å². The Labute approximate surface area is 139 Å². The van der Waals surface area contributed by atoms with Crippen molar-refractivity contribution in [2.45, 2.75) is 0 Å². The van der Waals surface area contributed by atoms with E-state index in [1.807, 2.05) is 91.0 Å². The predicted molar refractivity (Wildman–Crippen MR) is 95.2 cm³/mol. The van der Waals surface area contributed by atoms with Crippen LogP contribution in [0, 0.1) is 0 Å². The maximum atomic E-state index is 6.09. The maximum Gasteiger partial charge on any atom is 0.222 e. The molecule has 0 saturated heterocycles. The average Bonchev–Trinajstić information content (AvgIpc) is 3.07. The zero-order valence-electron chi connectivity index (χ0n) is 12.9. The van der Waals surface area contributed by atoms with Crippen LogP contribution in [0.1, 0.15) is 5.56 Å². The number of hydrogen-bond donors (Lipinski definition) is 0. The topological polar surface area (TPSA) is 39.9 Å². The first-order valence-corrected chi connectivity index (χ1v) is 7.71. The molecule has 0 aliphatic carbocycles. The second kappa shape index (κ2) is 6.38. The molecule has 24 heavy (non-hydrogen) atoms. The summed E-state index contributed by atoms with van der Waals surface area (Å²) in [6, 6.07) is 27.5. The molecule has 0 spiro atoms. The summed E-state index contributed by atoms with van der Waals surface area (Å²) in [5.74, 6) is 1.35. The summed E-state index contributed by atoms with van der Waals surface area (Å²) in [7, 11) is 0. The molecule has 0 N–H and O–H groups in total. The van der Waals surface area contributed by atoms with Crippen LogP contribution in [0.25, 0.3) is 23.0 Å². The summed E-state index contributed by atoms with van der Waals surface area (Å²) >= 11 is 0. The van der Waals surface area contributed by atoms with E-state index in [0.29, 0.717) is 5.88 Å². The fourth-order valence-corrected chi connectivity index (χ4v) is 2.47. The van der Waals surface area contributed by atoms with Crippen LogP contribution < -0.4 is 4.74 Å². The van der Waals surface area contributed by atoms with Gasteiger partial charge in [-0.25, -0.2) is 0 Å². The lowest BCUT2D eigenvalue weighted by Gasteiger charge is -2.10. The van der Waals surface area contributed by atoms with Gasteiger partial charge in [0.05, 0.1) is 5.52 Å². The zero-order valence-corrected chi connectivity index (χ0v) is 12.9. The van der Waals surface area contributed by atoms with E-state index in [9.17, 15) is 0 Å². The van der Waals surface area contributed by atoms with Gasteiger partial charge < -0.3 is 4.74 Å². The van der Waals surface area contributed by atoms with E-state index in [1.54, 1.807) is 4.68 Å². The first-order chi connectivity index (χ1) is 11.9. The highest BCUT2D eigenvalue weighted by atomic mass is 16.5. The smallest absolute Gasteiger partial charge is 0.222 e. The van der Waals surface area contributed by atoms with E-state index in [2.05, 4.69) is 10.3 Å². The largest absolute Gasteiger partial charge is 0.439 e. The van der Waals surface area contributed by atoms with Crippen molar-refractivity contribution in [3.05, 3.63) is 90.5 Å². The second-order valence-corrected chi connectivity index (χ2v) is 5.30. The van der Waals surface area contributed by atoms with Crippen molar-refractivity contribution in [2.75, 3.05) is 0 Å². The van der Waals surface area contributed by atoms with Gasteiger partial charge in [-0.15, -0.1) is 5.10 Å². The van der Waals surface area contributed by atoms with Crippen molar-refractivity contribution in [2.24, 2.45) is 0 Å². The Balaban J connectivity index is 1.82. The number of nitrogens with zero attached hydrogens (tertiary/aromatic N) is 3. The van der Waals surface area contributed by atoms with Crippen molar-refractivity contribution < 1.29 is 4.74 Å². The molecule has 1 heterocycles. The fourth-order valence-electron chi connectivity index (χ4n) is 2.47. The fraction of sp³-hybridized carbons (Fsp3) is 0. The SMILES string of the molecule is C(=C(/Oc1ccccc1)n1nnc2ccccc21)/c1ccccc1. The average molecular weight is 313 g/mol. The molecule has 0 unspecified atom stereocenters. The Kier molecular flexibility index (Phi) is 3.78. The van der Waals surface area contributed by atoms with Crippen molar-refractivity contribution >= 4 is 23.0 Å². The lowest BCUT2D eigenvalue weighted by atomic mass is 10.2. The Morgan fingerprint density at radius 2 is 1.46 bits per heavy atom. The quantitative estimate of drug-likeness (QED) is 0.522. The first kappa shape index (κ1) is 14.2. The summed E-state index contributed by atoms with van der Waals surface area (Å²) in [5, 5.41) is 8.48. The van der Waals surface area contributed by atoms with Gasteiger partial charge in [0.25, 0.3) is 0 Å². The summed E-state index contributed by atoms with van der Waals surface area (Å²) < 4.78 is 7.81. The number of ether oxygens (including phenoxy) is 1. The van der Waals surface area contributed by atoms with Gasteiger partial charge in [0.1, 0.15) is 11.3 Å². The highest BCUT2D eigenvalue weighted by Gasteiger charge is 2.11.